The Morgan fingerprint density at radius 1 is 1.08 bits per heavy atom. The zero-order chi connectivity index (χ0) is 8.55. The molecule has 0 atom stereocenters. The molecule has 1 aromatic carbocycles. The lowest BCUT2D eigenvalue weighted by atomic mass is 9.91. The van der Waals surface area contributed by atoms with Crippen LogP contribution in [0.3, 0.4) is 0 Å². The maximum atomic E-state index is 9.35. The number of anilines is 1. The van der Waals surface area contributed by atoms with Gasteiger partial charge in [-0.3, -0.25) is 0 Å². The van der Waals surface area contributed by atoms with Gasteiger partial charge in [-0.15, -0.1) is 17.0 Å². The molecule has 0 bridgehead atoms. The summed E-state index contributed by atoms with van der Waals surface area (Å²) >= 11 is 0. The van der Waals surface area contributed by atoms with Crippen LogP contribution in [0, 0.1) is 0 Å². The van der Waals surface area contributed by atoms with Crippen LogP contribution < -0.4 is 5.73 Å². The number of hydrogen-bond acceptors (Lipinski definition) is 2. The van der Waals surface area contributed by atoms with Crippen LogP contribution in [0.5, 0.6) is 5.75 Å². The molecule has 0 heterocycles. The Hall–Kier alpha value is -0.700. The molecule has 3 heteroatoms. The van der Waals surface area contributed by atoms with Gasteiger partial charge >= 0.3 is 0 Å². The molecule has 0 aliphatic heterocycles. The lowest BCUT2D eigenvalue weighted by molar-refractivity contribution is 0.476. The average molecular weight is 244 g/mol. The van der Waals surface area contributed by atoms with Crippen molar-refractivity contribution in [2.75, 3.05) is 5.73 Å². The Balaban J connectivity index is 0.000000845. The van der Waals surface area contributed by atoms with Crippen LogP contribution in [0.4, 0.5) is 5.69 Å². The van der Waals surface area contributed by atoms with E-state index in [9.17, 15) is 5.11 Å². The highest BCUT2D eigenvalue weighted by atomic mass is 79.9. The van der Waals surface area contributed by atoms with Gasteiger partial charge in [0.2, 0.25) is 0 Å². The Kier molecular flexibility index (Phi) is 3.20. The van der Waals surface area contributed by atoms with E-state index in [1.54, 1.807) is 0 Å². The van der Waals surface area contributed by atoms with Crippen molar-refractivity contribution in [2.45, 2.75) is 25.7 Å². The van der Waals surface area contributed by atoms with E-state index < -0.39 is 0 Å². The molecule has 3 N–H and O–H groups in total. The molecule has 2 rings (SSSR count). The molecule has 1 aromatic rings. The number of nitrogens with two attached hydrogens (primary N) is 1. The lowest BCUT2D eigenvalue weighted by Crippen LogP contribution is -2.03. The first-order chi connectivity index (χ1) is 5.77. The lowest BCUT2D eigenvalue weighted by Gasteiger charge is -2.16. The molecule has 2 nitrogen and oxygen atoms in total. The minimum absolute atomic E-state index is 0. The van der Waals surface area contributed by atoms with Gasteiger partial charge in [0.15, 0.2) is 0 Å². The highest BCUT2D eigenvalue weighted by molar-refractivity contribution is 8.93. The average Bonchev–Trinajstić information content (AvgIpc) is 2.07. The van der Waals surface area contributed by atoms with Crippen molar-refractivity contribution in [2.24, 2.45) is 0 Å². The molecule has 13 heavy (non-hydrogen) atoms. The summed E-state index contributed by atoms with van der Waals surface area (Å²) in [7, 11) is 0. The zero-order valence-electron chi connectivity index (χ0n) is 7.42. The minimum atomic E-state index is 0. The highest BCUT2D eigenvalue weighted by Gasteiger charge is 2.11. The Morgan fingerprint density at radius 2 is 1.62 bits per heavy atom. The molecular weight excluding hydrogens is 230 g/mol. The summed E-state index contributed by atoms with van der Waals surface area (Å²) in [6, 6.07) is 3.72. The van der Waals surface area contributed by atoms with Crippen LogP contribution in [-0.4, -0.2) is 5.11 Å². The fourth-order valence-electron chi connectivity index (χ4n) is 1.79. The van der Waals surface area contributed by atoms with Gasteiger partial charge in [0.25, 0.3) is 0 Å². The Bertz CT molecular complexity index is 281. The van der Waals surface area contributed by atoms with Crippen LogP contribution in [0.15, 0.2) is 12.1 Å². The van der Waals surface area contributed by atoms with Crippen molar-refractivity contribution in [3.8, 4) is 5.75 Å². The molecule has 72 valence electrons. The number of aromatic hydroxyl groups is 1. The number of aryl methyl sites for hydroxylation is 2. The number of halogens is 1. The van der Waals surface area contributed by atoms with Gasteiger partial charge in [0.05, 0.1) is 5.69 Å². The number of phenols is 1. The van der Waals surface area contributed by atoms with E-state index in [-0.39, 0.29) is 22.7 Å². The van der Waals surface area contributed by atoms with Crippen molar-refractivity contribution in [1.82, 2.24) is 0 Å². The molecule has 0 radical (unpaired) electrons. The van der Waals surface area contributed by atoms with E-state index in [0.29, 0.717) is 5.69 Å². The maximum absolute atomic E-state index is 9.35. The standard InChI is InChI=1S/C10H13NO.BrH/c11-9-5-7-3-1-2-4-8(7)6-10(9)12;/h5-6,12H,1-4,11H2;1H. The fourth-order valence-corrected chi connectivity index (χ4v) is 1.79. The molecule has 1 aliphatic carbocycles. The van der Waals surface area contributed by atoms with Crippen LogP contribution in [0.1, 0.15) is 24.0 Å². The first-order valence-corrected chi connectivity index (χ1v) is 4.37. The number of benzene rings is 1. The smallest absolute Gasteiger partial charge is 0.138 e. The van der Waals surface area contributed by atoms with E-state index in [1.165, 1.54) is 24.0 Å². The first-order valence-electron chi connectivity index (χ1n) is 4.37. The Morgan fingerprint density at radius 3 is 2.23 bits per heavy atom. The minimum Gasteiger partial charge on any atom is -0.506 e. The molecule has 0 aromatic heterocycles. The summed E-state index contributed by atoms with van der Waals surface area (Å²) in [5.74, 6) is 0.232. The third-order valence-electron chi connectivity index (χ3n) is 2.49. The van der Waals surface area contributed by atoms with E-state index in [4.69, 9.17) is 5.73 Å². The normalized spacial score (nSPS) is 14.5. The van der Waals surface area contributed by atoms with Gasteiger partial charge < -0.3 is 10.8 Å². The van der Waals surface area contributed by atoms with Crippen molar-refractivity contribution < 1.29 is 5.11 Å². The third-order valence-corrected chi connectivity index (χ3v) is 2.49. The number of fused-ring (bicyclic) bond motifs is 1. The van der Waals surface area contributed by atoms with Gasteiger partial charge in [-0.05, 0) is 48.9 Å². The van der Waals surface area contributed by atoms with Crippen LogP contribution in [0.2, 0.25) is 0 Å². The van der Waals surface area contributed by atoms with Crippen LogP contribution in [0.25, 0.3) is 0 Å². The summed E-state index contributed by atoms with van der Waals surface area (Å²) in [6.07, 6.45) is 4.68. The zero-order valence-corrected chi connectivity index (χ0v) is 9.13. The molecule has 0 fully saturated rings. The predicted molar refractivity (Wildman–Crippen MR) is 59.5 cm³/mol. The van der Waals surface area contributed by atoms with Gasteiger partial charge in [0.1, 0.15) is 5.75 Å². The monoisotopic (exact) mass is 243 g/mol. The second-order valence-corrected chi connectivity index (χ2v) is 3.39. The molecule has 0 unspecified atom stereocenters. The van der Waals surface area contributed by atoms with Crippen molar-refractivity contribution >= 4 is 22.7 Å². The molecule has 0 saturated carbocycles. The molecule has 0 amide bonds. The number of hydrogen-bond donors (Lipinski definition) is 2. The van der Waals surface area contributed by atoms with Crippen molar-refractivity contribution in [3.63, 3.8) is 0 Å². The summed E-state index contributed by atoms with van der Waals surface area (Å²) in [5, 5.41) is 9.35. The Labute approximate surface area is 88.5 Å². The summed E-state index contributed by atoms with van der Waals surface area (Å²) < 4.78 is 0. The highest BCUT2D eigenvalue weighted by Crippen LogP contribution is 2.29. The fraction of sp³-hybridized carbons (Fsp3) is 0.400. The number of phenolic OH excluding ortho intramolecular Hbond substituents is 1. The van der Waals surface area contributed by atoms with Crippen molar-refractivity contribution in [3.05, 3.63) is 23.3 Å². The van der Waals surface area contributed by atoms with Gasteiger partial charge in [0, 0.05) is 0 Å². The topological polar surface area (TPSA) is 46.2 Å². The van der Waals surface area contributed by atoms with Crippen LogP contribution >= 0.6 is 17.0 Å². The maximum Gasteiger partial charge on any atom is 0.138 e. The molecular formula is C10H14BrNO. The number of nitrogen functional groups attached to an aromatic ring is 1. The van der Waals surface area contributed by atoms with Gasteiger partial charge in [-0.25, -0.2) is 0 Å². The number of rotatable bonds is 0. The predicted octanol–water partition coefficient (Wildman–Crippen LogP) is 2.43. The van der Waals surface area contributed by atoms with E-state index in [2.05, 4.69) is 0 Å². The van der Waals surface area contributed by atoms with E-state index in [1.807, 2.05) is 12.1 Å². The van der Waals surface area contributed by atoms with Crippen LogP contribution in [-0.2, 0) is 12.8 Å². The molecule has 0 saturated heterocycles. The second kappa shape index (κ2) is 4.01. The largest absolute Gasteiger partial charge is 0.506 e. The summed E-state index contributed by atoms with van der Waals surface area (Å²) in [5.41, 5.74) is 8.69. The SMILES string of the molecule is Br.Nc1cc2c(cc1O)CCCC2. The quantitative estimate of drug-likeness (QED) is 0.543. The van der Waals surface area contributed by atoms with Gasteiger partial charge in [-0.1, -0.05) is 0 Å². The molecule has 0 spiro atoms. The first kappa shape index (κ1) is 10.4. The van der Waals surface area contributed by atoms with E-state index >= 15 is 0 Å². The third kappa shape index (κ3) is 1.97. The summed E-state index contributed by atoms with van der Waals surface area (Å²) in [6.45, 7) is 0. The van der Waals surface area contributed by atoms with E-state index in [0.717, 1.165) is 12.8 Å². The van der Waals surface area contributed by atoms with Crippen molar-refractivity contribution in [1.29, 1.82) is 0 Å². The van der Waals surface area contributed by atoms with Gasteiger partial charge in [-0.2, -0.15) is 0 Å². The summed E-state index contributed by atoms with van der Waals surface area (Å²) in [4.78, 5) is 0. The molecule has 1 aliphatic rings. The second-order valence-electron chi connectivity index (χ2n) is 3.39.